The number of anilines is 1. The van der Waals surface area contributed by atoms with Crippen molar-refractivity contribution < 1.29 is 9.34 Å². The van der Waals surface area contributed by atoms with Gasteiger partial charge in [-0.2, -0.15) is 0 Å². The fourth-order valence-corrected chi connectivity index (χ4v) is 1.12. The minimum Gasteiger partial charge on any atom is -0.401 e. The zero-order valence-corrected chi connectivity index (χ0v) is 6.56. The van der Waals surface area contributed by atoms with Crippen LogP contribution in [0.2, 0.25) is 0 Å². The van der Waals surface area contributed by atoms with E-state index in [4.69, 9.17) is 10.2 Å². The lowest BCUT2D eigenvalue weighted by atomic mass is 10.2. The topological polar surface area (TPSA) is 82.3 Å². The lowest BCUT2D eigenvalue weighted by molar-refractivity contribution is -0.401. The van der Waals surface area contributed by atoms with Crippen LogP contribution in [0.1, 0.15) is 0 Å². The van der Waals surface area contributed by atoms with Crippen LogP contribution in [-0.4, -0.2) is 4.92 Å². The van der Waals surface area contributed by atoms with Gasteiger partial charge < -0.3 is 10.2 Å². The van der Waals surface area contributed by atoms with Gasteiger partial charge in [-0.15, -0.1) is 0 Å². The van der Waals surface area contributed by atoms with E-state index < -0.39 is 4.92 Å². The molecule has 0 fully saturated rings. The van der Waals surface area contributed by atoms with Crippen LogP contribution in [0, 0.1) is 10.1 Å². The fourth-order valence-electron chi connectivity index (χ4n) is 1.12. The number of nitrogen functional groups attached to an aromatic ring is 1. The van der Waals surface area contributed by atoms with Crippen molar-refractivity contribution in [3.05, 3.63) is 34.4 Å². The van der Waals surface area contributed by atoms with Gasteiger partial charge in [-0.1, -0.05) is 0 Å². The average molecular weight is 178 g/mol. The molecule has 2 aromatic rings. The van der Waals surface area contributed by atoms with E-state index in [9.17, 15) is 10.1 Å². The van der Waals surface area contributed by atoms with E-state index in [1.165, 1.54) is 6.07 Å². The highest BCUT2D eigenvalue weighted by Gasteiger charge is 2.12. The molecule has 1 aromatic heterocycles. The first-order chi connectivity index (χ1) is 6.16. The van der Waals surface area contributed by atoms with Crippen molar-refractivity contribution in [1.29, 1.82) is 0 Å². The molecule has 0 unspecified atom stereocenters. The van der Waals surface area contributed by atoms with E-state index in [2.05, 4.69) is 0 Å². The van der Waals surface area contributed by atoms with Gasteiger partial charge in [-0.25, -0.2) is 0 Å². The van der Waals surface area contributed by atoms with Crippen LogP contribution in [0.5, 0.6) is 0 Å². The third-order valence-corrected chi connectivity index (χ3v) is 1.71. The third kappa shape index (κ3) is 1.20. The van der Waals surface area contributed by atoms with E-state index in [1.807, 2.05) is 0 Å². The normalized spacial score (nSPS) is 10.5. The van der Waals surface area contributed by atoms with Gasteiger partial charge in [0.05, 0.1) is 6.07 Å². The van der Waals surface area contributed by atoms with Crippen LogP contribution in [-0.2, 0) is 0 Å². The molecule has 0 bridgehead atoms. The summed E-state index contributed by atoms with van der Waals surface area (Å²) in [5, 5.41) is 11.0. The highest BCUT2D eigenvalue weighted by Crippen LogP contribution is 2.25. The monoisotopic (exact) mass is 178 g/mol. The molecule has 66 valence electrons. The Morgan fingerprint density at radius 3 is 2.85 bits per heavy atom. The standard InChI is InChI=1S/C8H6N2O3/c9-6-2-1-5-3-8(10(11)12)13-7(5)4-6/h1-4H,9H2. The number of benzene rings is 1. The second kappa shape index (κ2) is 2.48. The van der Waals surface area contributed by atoms with Gasteiger partial charge in [0.15, 0.2) is 0 Å². The Labute approximate surface area is 72.9 Å². The maximum atomic E-state index is 10.3. The van der Waals surface area contributed by atoms with Crippen molar-refractivity contribution in [2.75, 3.05) is 5.73 Å². The number of nitrogens with two attached hydrogens (primary N) is 1. The quantitative estimate of drug-likeness (QED) is 0.410. The van der Waals surface area contributed by atoms with Crippen LogP contribution in [0.15, 0.2) is 28.7 Å². The molecule has 0 spiro atoms. The first kappa shape index (κ1) is 7.60. The minimum absolute atomic E-state index is 0.263. The molecule has 13 heavy (non-hydrogen) atoms. The lowest BCUT2D eigenvalue weighted by Gasteiger charge is -1.89. The van der Waals surface area contributed by atoms with Crippen molar-refractivity contribution in [2.24, 2.45) is 0 Å². The number of hydrogen-bond acceptors (Lipinski definition) is 4. The van der Waals surface area contributed by atoms with E-state index in [1.54, 1.807) is 18.2 Å². The van der Waals surface area contributed by atoms with Crippen LogP contribution in [0.4, 0.5) is 11.6 Å². The van der Waals surface area contributed by atoms with Gasteiger partial charge in [-0.05, 0) is 12.1 Å². The SMILES string of the molecule is Nc1ccc2cc([N+](=O)[O-])oc2c1. The average Bonchev–Trinajstić information content (AvgIpc) is 2.46. The van der Waals surface area contributed by atoms with Crippen LogP contribution < -0.4 is 5.73 Å². The summed E-state index contributed by atoms with van der Waals surface area (Å²) >= 11 is 0. The van der Waals surface area contributed by atoms with Crippen LogP contribution >= 0.6 is 0 Å². The summed E-state index contributed by atoms with van der Waals surface area (Å²) in [7, 11) is 0. The smallest absolute Gasteiger partial charge is 0.401 e. The molecule has 0 aliphatic carbocycles. The number of rotatable bonds is 1. The number of nitrogens with zero attached hydrogens (tertiary/aromatic N) is 1. The fraction of sp³-hybridized carbons (Fsp3) is 0. The predicted molar refractivity (Wildman–Crippen MR) is 47.3 cm³/mol. The van der Waals surface area contributed by atoms with Crippen molar-refractivity contribution in [1.82, 2.24) is 0 Å². The second-order valence-electron chi connectivity index (χ2n) is 2.64. The Morgan fingerprint density at radius 2 is 2.15 bits per heavy atom. The van der Waals surface area contributed by atoms with Crippen molar-refractivity contribution in [2.45, 2.75) is 0 Å². The van der Waals surface area contributed by atoms with Gasteiger partial charge in [0, 0.05) is 17.1 Å². The van der Waals surface area contributed by atoms with E-state index in [0.29, 0.717) is 16.7 Å². The molecule has 2 rings (SSSR count). The zero-order chi connectivity index (χ0) is 9.42. The molecule has 0 saturated carbocycles. The molecule has 5 nitrogen and oxygen atoms in total. The largest absolute Gasteiger partial charge is 0.434 e. The number of fused-ring (bicyclic) bond motifs is 1. The Bertz CT molecular complexity index is 475. The summed E-state index contributed by atoms with van der Waals surface area (Å²) in [6, 6.07) is 6.28. The molecule has 1 aromatic carbocycles. The summed E-state index contributed by atoms with van der Waals surface area (Å²) < 4.78 is 4.93. The van der Waals surface area contributed by atoms with Crippen molar-refractivity contribution >= 4 is 22.5 Å². The molecule has 0 aliphatic rings. The number of nitro groups is 1. The minimum atomic E-state index is -0.573. The van der Waals surface area contributed by atoms with Crippen LogP contribution in [0.3, 0.4) is 0 Å². The predicted octanol–water partition coefficient (Wildman–Crippen LogP) is 1.92. The van der Waals surface area contributed by atoms with Gasteiger partial charge >= 0.3 is 5.88 Å². The molecular weight excluding hydrogens is 172 g/mol. The Balaban J connectivity index is 2.68. The maximum absolute atomic E-state index is 10.3. The number of furan rings is 1. The molecule has 5 heteroatoms. The first-order valence-electron chi connectivity index (χ1n) is 3.60. The maximum Gasteiger partial charge on any atom is 0.434 e. The van der Waals surface area contributed by atoms with Crippen molar-refractivity contribution in [3.63, 3.8) is 0 Å². The van der Waals surface area contributed by atoms with Gasteiger partial charge in [-0.3, -0.25) is 10.1 Å². The summed E-state index contributed by atoms with van der Waals surface area (Å²) in [6.07, 6.45) is 0. The lowest BCUT2D eigenvalue weighted by Crippen LogP contribution is -1.82. The molecule has 0 atom stereocenters. The molecule has 0 amide bonds. The Kier molecular flexibility index (Phi) is 1.45. The Morgan fingerprint density at radius 1 is 1.38 bits per heavy atom. The number of hydrogen-bond donors (Lipinski definition) is 1. The van der Waals surface area contributed by atoms with E-state index in [-0.39, 0.29) is 5.88 Å². The highest BCUT2D eigenvalue weighted by atomic mass is 16.6. The van der Waals surface area contributed by atoms with Crippen LogP contribution in [0.25, 0.3) is 11.0 Å². The molecule has 0 saturated heterocycles. The van der Waals surface area contributed by atoms with E-state index >= 15 is 0 Å². The summed E-state index contributed by atoms with van der Waals surface area (Å²) in [4.78, 5) is 9.76. The molecule has 1 heterocycles. The first-order valence-corrected chi connectivity index (χ1v) is 3.60. The third-order valence-electron chi connectivity index (χ3n) is 1.71. The summed E-state index contributed by atoms with van der Waals surface area (Å²) in [6.45, 7) is 0. The van der Waals surface area contributed by atoms with Gasteiger partial charge in [0.1, 0.15) is 10.5 Å². The zero-order valence-electron chi connectivity index (χ0n) is 6.56. The summed E-state index contributed by atoms with van der Waals surface area (Å²) in [5.74, 6) is -0.263. The summed E-state index contributed by atoms with van der Waals surface area (Å²) in [5.41, 5.74) is 6.44. The second-order valence-corrected chi connectivity index (χ2v) is 2.64. The molecule has 0 aliphatic heterocycles. The molecular formula is C8H6N2O3. The molecule has 2 N–H and O–H groups in total. The Hall–Kier alpha value is -2.04. The van der Waals surface area contributed by atoms with Gasteiger partial charge in [0.2, 0.25) is 0 Å². The van der Waals surface area contributed by atoms with Crippen molar-refractivity contribution in [3.8, 4) is 0 Å². The van der Waals surface area contributed by atoms with E-state index in [0.717, 1.165) is 0 Å². The highest BCUT2D eigenvalue weighted by molar-refractivity contribution is 5.82. The molecule has 0 radical (unpaired) electrons. The van der Waals surface area contributed by atoms with Gasteiger partial charge in [0.25, 0.3) is 0 Å².